The highest BCUT2D eigenvalue weighted by Crippen LogP contribution is 2.44. The number of nitrogens with zero attached hydrogens (tertiary/aromatic N) is 4. The van der Waals surface area contributed by atoms with Gasteiger partial charge in [-0.1, -0.05) is 39.0 Å². The molecule has 36 heavy (non-hydrogen) atoms. The van der Waals surface area contributed by atoms with Gasteiger partial charge in [-0.2, -0.15) is 0 Å². The number of rotatable bonds is 5. The number of hydrogen-bond donors (Lipinski definition) is 0. The Hall–Kier alpha value is -2.21. The van der Waals surface area contributed by atoms with Crippen molar-refractivity contribution in [3.05, 3.63) is 57.7 Å². The fraction of sp³-hybridized carbons (Fsp3) is 0.440. The molecule has 1 aliphatic rings. The molecular formula is C25H31BrN4O4SSi. The second-order valence-corrected chi connectivity index (χ2v) is 18.5. The Morgan fingerprint density at radius 3 is 2.39 bits per heavy atom. The first kappa shape index (κ1) is 25.4. The van der Waals surface area contributed by atoms with Crippen LogP contribution in [0.2, 0.25) is 18.1 Å². The van der Waals surface area contributed by atoms with Crippen LogP contribution in [0.4, 0.5) is 0 Å². The average Bonchev–Trinajstić information content (AvgIpc) is 3.24. The number of benzene rings is 1. The van der Waals surface area contributed by atoms with E-state index in [2.05, 4.69) is 54.8 Å². The molecule has 1 aromatic carbocycles. The van der Waals surface area contributed by atoms with Gasteiger partial charge in [0.05, 0.1) is 22.1 Å². The molecule has 0 N–H and O–H groups in total. The number of halogens is 1. The van der Waals surface area contributed by atoms with Gasteiger partial charge < -0.3 is 4.43 Å². The molecule has 8 nitrogen and oxygen atoms in total. The number of pyridine rings is 1. The standard InChI is InChI=1S/C25H31BrN4O4SSi/c1-25(2,3)36(5,6)34-17-12-16(13-17)29-22-19-14-21(26)30(35(32,33)18-10-8-7-9-11-18)23(19)27-15-20(22)28(4)24(29)31/h7-11,14-17H,12-13H2,1-6H3. The van der Waals surface area contributed by atoms with E-state index in [1.165, 1.54) is 3.97 Å². The minimum atomic E-state index is -3.89. The van der Waals surface area contributed by atoms with Gasteiger partial charge in [-0.05, 0) is 65.1 Å². The lowest BCUT2D eigenvalue weighted by atomic mass is 9.89. The molecule has 1 saturated carbocycles. The van der Waals surface area contributed by atoms with Crippen molar-refractivity contribution >= 4 is 56.3 Å². The quantitative estimate of drug-likeness (QED) is 0.290. The van der Waals surface area contributed by atoms with E-state index < -0.39 is 18.3 Å². The Kier molecular flexibility index (Phi) is 5.94. The zero-order valence-corrected chi connectivity index (χ0v) is 24.7. The summed E-state index contributed by atoms with van der Waals surface area (Å²) in [4.78, 5) is 18.0. The summed E-state index contributed by atoms with van der Waals surface area (Å²) >= 11 is 3.44. The van der Waals surface area contributed by atoms with Crippen LogP contribution in [0.15, 0.2) is 56.9 Å². The Morgan fingerprint density at radius 1 is 1.14 bits per heavy atom. The van der Waals surface area contributed by atoms with Gasteiger partial charge in [-0.25, -0.2) is 22.2 Å². The van der Waals surface area contributed by atoms with Crippen molar-refractivity contribution in [2.24, 2.45) is 7.05 Å². The molecule has 5 rings (SSSR count). The first-order chi connectivity index (χ1) is 16.7. The normalized spacial score (nSPS) is 19.2. The molecule has 0 amide bonds. The molecular weight excluding hydrogens is 560 g/mol. The van der Waals surface area contributed by atoms with E-state index in [0.29, 0.717) is 21.0 Å². The Balaban J connectivity index is 1.60. The summed E-state index contributed by atoms with van der Waals surface area (Å²) in [5.41, 5.74) is 1.52. The second kappa shape index (κ2) is 8.40. The zero-order chi connectivity index (χ0) is 26.2. The van der Waals surface area contributed by atoms with Crippen LogP contribution in [-0.2, 0) is 21.5 Å². The van der Waals surface area contributed by atoms with Crippen LogP contribution in [0.5, 0.6) is 0 Å². The molecule has 0 radical (unpaired) electrons. The minimum Gasteiger partial charge on any atom is -0.414 e. The van der Waals surface area contributed by atoms with Gasteiger partial charge in [-0.15, -0.1) is 0 Å². The molecule has 1 aliphatic carbocycles. The van der Waals surface area contributed by atoms with Gasteiger partial charge in [0.1, 0.15) is 4.60 Å². The highest BCUT2D eigenvalue weighted by Gasteiger charge is 2.43. The average molecular weight is 592 g/mol. The molecule has 0 spiro atoms. The van der Waals surface area contributed by atoms with Crippen molar-refractivity contribution in [3.8, 4) is 0 Å². The van der Waals surface area contributed by atoms with Gasteiger partial charge in [0, 0.05) is 24.6 Å². The van der Waals surface area contributed by atoms with E-state index >= 15 is 0 Å². The Bertz CT molecular complexity index is 1640. The zero-order valence-electron chi connectivity index (χ0n) is 21.3. The van der Waals surface area contributed by atoms with E-state index in [1.54, 1.807) is 58.8 Å². The lowest BCUT2D eigenvalue weighted by Gasteiger charge is -2.45. The first-order valence-corrected chi connectivity index (χ1v) is 17.1. The first-order valence-electron chi connectivity index (χ1n) is 12.0. The van der Waals surface area contributed by atoms with Gasteiger partial charge in [0.15, 0.2) is 14.0 Å². The van der Waals surface area contributed by atoms with Gasteiger partial charge in [0.2, 0.25) is 0 Å². The molecule has 0 unspecified atom stereocenters. The largest absolute Gasteiger partial charge is 0.414 e. The third-order valence-corrected chi connectivity index (χ3v) is 14.8. The predicted octanol–water partition coefficient (Wildman–Crippen LogP) is 5.41. The molecule has 192 valence electrons. The number of aromatic nitrogens is 4. The highest BCUT2D eigenvalue weighted by atomic mass is 79.9. The van der Waals surface area contributed by atoms with Crippen molar-refractivity contribution < 1.29 is 12.8 Å². The number of hydrogen-bond acceptors (Lipinski definition) is 5. The Labute approximate surface area is 220 Å². The molecule has 11 heteroatoms. The van der Waals surface area contributed by atoms with Crippen molar-refractivity contribution in [2.45, 2.75) is 68.8 Å². The van der Waals surface area contributed by atoms with Crippen LogP contribution in [0, 0.1) is 0 Å². The lowest BCUT2D eigenvalue weighted by Crippen LogP contribution is -2.48. The summed E-state index contributed by atoms with van der Waals surface area (Å²) < 4.78 is 38.5. The van der Waals surface area contributed by atoms with E-state index in [-0.39, 0.29) is 33.4 Å². The molecule has 3 heterocycles. The summed E-state index contributed by atoms with van der Waals surface area (Å²) in [5, 5.41) is 0.733. The van der Waals surface area contributed by atoms with Gasteiger partial charge >= 0.3 is 5.69 Å². The van der Waals surface area contributed by atoms with Gasteiger partial charge in [0.25, 0.3) is 10.0 Å². The van der Waals surface area contributed by atoms with E-state index in [0.717, 1.165) is 12.8 Å². The van der Waals surface area contributed by atoms with E-state index in [1.807, 2.05) is 0 Å². The molecule has 4 aromatic rings. The molecule has 0 bridgehead atoms. The number of fused-ring (bicyclic) bond motifs is 3. The van der Waals surface area contributed by atoms with Crippen molar-refractivity contribution in [2.75, 3.05) is 0 Å². The molecule has 0 aliphatic heterocycles. The van der Waals surface area contributed by atoms with Crippen molar-refractivity contribution in [1.29, 1.82) is 0 Å². The Morgan fingerprint density at radius 2 is 1.78 bits per heavy atom. The molecule has 0 atom stereocenters. The summed E-state index contributed by atoms with van der Waals surface area (Å²) in [7, 11) is -4.08. The van der Waals surface area contributed by atoms with Crippen molar-refractivity contribution in [3.63, 3.8) is 0 Å². The third kappa shape index (κ3) is 3.82. The third-order valence-electron chi connectivity index (χ3n) is 7.78. The predicted molar refractivity (Wildman–Crippen MR) is 148 cm³/mol. The van der Waals surface area contributed by atoms with E-state index in [9.17, 15) is 13.2 Å². The minimum absolute atomic E-state index is 0.0191. The fourth-order valence-electron chi connectivity index (χ4n) is 4.63. The smallest absolute Gasteiger partial charge is 0.329 e. The molecule has 1 fully saturated rings. The molecule has 0 saturated heterocycles. The van der Waals surface area contributed by atoms with Crippen LogP contribution in [0.1, 0.15) is 39.7 Å². The van der Waals surface area contributed by atoms with Crippen LogP contribution in [0.3, 0.4) is 0 Å². The number of aryl methyl sites for hydroxylation is 1. The summed E-state index contributed by atoms with van der Waals surface area (Å²) in [6, 6.07) is 9.98. The summed E-state index contributed by atoms with van der Waals surface area (Å²) in [5.74, 6) is 0. The van der Waals surface area contributed by atoms with E-state index in [4.69, 9.17) is 4.43 Å². The lowest BCUT2D eigenvalue weighted by molar-refractivity contribution is 0.0581. The maximum atomic E-state index is 13.5. The van der Waals surface area contributed by atoms with Crippen molar-refractivity contribution in [1.82, 2.24) is 18.1 Å². The van der Waals surface area contributed by atoms with Gasteiger partial charge in [-0.3, -0.25) is 9.13 Å². The monoisotopic (exact) mass is 590 g/mol. The van der Waals surface area contributed by atoms with Crippen LogP contribution < -0.4 is 5.69 Å². The maximum Gasteiger partial charge on any atom is 0.329 e. The fourth-order valence-corrected chi connectivity index (χ4v) is 8.35. The second-order valence-electron chi connectivity index (χ2n) is 11.1. The summed E-state index contributed by atoms with van der Waals surface area (Å²) in [6.45, 7) is 11.2. The highest BCUT2D eigenvalue weighted by molar-refractivity contribution is 9.10. The molecule has 3 aromatic heterocycles. The number of imidazole rings is 1. The van der Waals surface area contributed by atoms with Crippen LogP contribution >= 0.6 is 15.9 Å². The SMILES string of the molecule is Cn1c(=O)n(C2CC(O[Si](C)(C)C(C)(C)C)C2)c2c3cc(Br)n(S(=O)(=O)c4ccccc4)c3ncc21. The van der Waals surface area contributed by atoms with Crippen LogP contribution in [-0.4, -0.2) is 40.9 Å². The summed E-state index contributed by atoms with van der Waals surface area (Å²) in [6.07, 6.45) is 3.20. The maximum absolute atomic E-state index is 13.5. The van der Waals surface area contributed by atoms with Crippen LogP contribution in [0.25, 0.3) is 22.1 Å². The topological polar surface area (TPSA) is 88.1 Å².